The third-order valence-corrected chi connectivity index (χ3v) is 6.06. The molecule has 0 saturated carbocycles. The minimum atomic E-state index is -0.585. The Morgan fingerprint density at radius 1 is 1.03 bits per heavy atom. The van der Waals surface area contributed by atoms with Crippen molar-refractivity contribution in [1.82, 2.24) is 4.57 Å². The van der Waals surface area contributed by atoms with Gasteiger partial charge in [0.25, 0.3) is 11.8 Å². The van der Waals surface area contributed by atoms with E-state index in [1.54, 1.807) is 35.8 Å². The van der Waals surface area contributed by atoms with Gasteiger partial charge in [-0.1, -0.05) is 40.2 Å². The number of halogens is 1. The van der Waals surface area contributed by atoms with E-state index in [0.29, 0.717) is 24.3 Å². The van der Waals surface area contributed by atoms with E-state index in [1.165, 1.54) is 0 Å². The molecule has 2 amide bonds. The number of hydrogen-bond donors (Lipinski definition) is 0. The molecule has 150 valence electrons. The highest BCUT2D eigenvalue weighted by atomic mass is 79.9. The summed E-state index contributed by atoms with van der Waals surface area (Å²) in [4.78, 5) is 40.9. The Morgan fingerprint density at radius 3 is 2.47 bits per heavy atom. The summed E-state index contributed by atoms with van der Waals surface area (Å²) in [5.74, 6) is -1.51. The van der Waals surface area contributed by atoms with Crippen LogP contribution in [0.25, 0.3) is 11.3 Å². The third-order valence-electron chi connectivity index (χ3n) is 5.53. The van der Waals surface area contributed by atoms with Gasteiger partial charge in [0.05, 0.1) is 29.1 Å². The Hall–Kier alpha value is -3.19. The standard InChI is InChI=1S/C23H17BrN2O4/c1-2-30-23(29)20-18-17(19-16-6-4-3-5-13(16)11-12-25(19)20)21(27)26(22(18)28)15-9-7-14(24)8-10-15/h3-10H,2,11-12H2,1H3. The van der Waals surface area contributed by atoms with Crippen LogP contribution in [-0.4, -0.2) is 29.0 Å². The molecule has 2 aliphatic heterocycles. The largest absolute Gasteiger partial charge is 0.461 e. The normalized spacial score (nSPS) is 14.4. The smallest absolute Gasteiger partial charge is 0.355 e. The summed E-state index contributed by atoms with van der Waals surface area (Å²) in [6.45, 7) is 2.41. The maximum Gasteiger partial charge on any atom is 0.355 e. The van der Waals surface area contributed by atoms with Crippen LogP contribution in [0.1, 0.15) is 43.7 Å². The number of hydrogen-bond acceptors (Lipinski definition) is 4. The summed E-state index contributed by atoms with van der Waals surface area (Å²) < 4.78 is 7.87. The quantitative estimate of drug-likeness (QED) is 0.424. The first-order chi connectivity index (χ1) is 14.5. The molecule has 0 atom stereocenters. The summed E-state index contributed by atoms with van der Waals surface area (Å²) in [6.07, 6.45) is 0.710. The van der Waals surface area contributed by atoms with Gasteiger partial charge in [0.2, 0.25) is 0 Å². The zero-order valence-electron chi connectivity index (χ0n) is 16.1. The molecule has 7 heteroatoms. The van der Waals surface area contributed by atoms with E-state index < -0.39 is 17.8 Å². The Bertz CT molecular complexity index is 1230. The van der Waals surface area contributed by atoms with Crippen molar-refractivity contribution in [3.8, 4) is 11.3 Å². The molecule has 0 N–H and O–H groups in total. The van der Waals surface area contributed by atoms with Crippen molar-refractivity contribution in [3.63, 3.8) is 0 Å². The van der Waals surface area contributed by atoms with Crippen LogP contribution in [0.3, 0.4) is 0 Å². The number of nitrogens with zero attached hydrogens (tertiary/aromatic N) is 2. The summed E-state index contributed by atoms with van der Waals surface area (Å²) >= 11 is 3.37. The highest BCUT2D eigenvalue weighted by Crippen LogP contribution is 2.43. The van der Waals surface area contributed by atoms with Gasteiger partial charge in [-0.15, -0.1) is 0 Å². The number of carbonyl (C=O) groups excluding carboxylic acids is 3. The van der Waals surface area contributed by atoms with Crippen molar-refractivity contribution in [2.45, 2.75) is 19.9 Å². The summed E-state index contributed by atoms with van der Waals surface area (Å²) in [6, 6.07) is 14.7. The number of esters is 1. The van der Waals surface area contributed by atoms with E-state index >= 15 is 0 Å². The van der Waals surface area contributed by atoms with Crippen molar-refractivity contribution < 1.29 is 19.1 Å². The van der Waals surface area contributed by atoms with Crippen LogP contribution in [0.5, 0.6) is 0 Å². The van der Waals surface area contributed by atoms with Crippen LogP contribution >= 0.6 is 15.9 Å². The predicted molar refractivity (Wildman–Crippen MR) is 115 cm³/mol. The lowest BCUT2D eigenvalue weighted by molar-refractivity contribution is 0.0510. The van der Waals surface area contributed by atoms with E-state index in [2.05, 4.69) is 15.9 Å². The van der Waals surface area contributed by atoms with Gasteiger partial charge < -0.3 is 9.30 Å². The van der Waals surface area contributed by atoms with Crippen molar-refractivity contribution in [2.24, 2.45) is 0 Å². The van der Waals surface area contributed by atoms with Crippen LogP contribution in [0.2, 0.25) is 0 Å². The van der Waals surface area contributed by atoms with Crippen molar-refractivity contribution in [2.75, 3.05) is 11.5 Å². The second kappa shape index (κ2) is 6.95. The molecule has 30 heavy (non-hydrogen) atoms. The Kier molecular flexibility index (Phi) is 4.36. The van der Waals surface area contributed by atoms with Gasteiger partial charge in [0, 0.05) is 16.6 Å². The molecule has 6 nitrogen and oxygen atoms in total. The Balaban J connectivity index is 1.76. The van der Waals surface area contributed by atoms with Crippen LogP contribution in [0.4, 0.5) is 5.69 Å². The first kappa shape index (κ1) is 18.8. The van der Waals surface area contributed by atoms with Gasteiger partial charge in [-0.3, -0.25) is 9.59 Å². The predicted octanol–water partition coefficient (Wildman–Crippen LogP) is 4.45. The van der Waals surface area contributed by atoms with Gasteiger partial charge >= 0.3 is 5.97 Å². The number of carbonyl (C=O) groups is 3. The van der Waals surface area contributed by atoms with E-state index in [0.717, 1.165) is 20.5 Å². The number of imide groups is 1. The molecule has 2 aliphatic rings. The number of aryl methyl sites for hydroxylation is 1. The molecular formula is C23H17BrN2O4. The maximum absolute atomic E-state index is 13.5. The molecule has 0 spiro atoms. The highest BCUT2D eigenvalue weighted by molar-refractivity contribution is 9.10. The highest BCUT2D eigenvalue weighted by Gasteiger charge is 2.47. The van der Waals surface area contributed by atoms with Crippen molar-refractivity contribution in [3.05, 3.63) is 75.4 Å². The number of rotatable bonds is 3. The molecule has 0 bridgehead atoms. The fraction of sp³-hybridized carbons (Fsp3) is 0.174. The van der Waals surface area contributed by atoms with Crippen molar-refractivity contribution >= 4 is 39.4 Å². The Labute approximate surface area is 181 Å². The number of ether oxygens (including phenoxy) is 1. The lowest BCUT2D eigenvalue weighted by atomic mass is 9.96. The number of amides is 2. The maximum atomic E-state index is 13.5. The molecule has 0 fully saturated rings. The molecule has 5 rings (SSSR count). The molecular weight excluding hydrogens is 448 g/mol. The average molecular weight is 465 g/mol. The van der Waals surface area contributed by atoms with Crippen molar-refractivity contribution in [1.29, 1.82) is 0 Å². The van der Waals surface area contributed by atoms with Gasteiger partial charge in [-0.05, 0) is 43.2 Å². The first-order valence-corrected chi connectivity index (χ1v) is 10.5. The molecule has 0 radical (unpaired) electrons. The van der Waals surface area contributed by atoms with Crippen LogP contribution in [0, 0.1) is 0 Å². The van der Waals surface area contributed by atoms with Gasteiger partial charge in [-0.25, -0.2) is 9.69 Å². The SMILES string of the molecule is CCOC(=O)c1c2c(c3n1CCc1ccccc1-3)C(=O)N(c1ccc(Br)cc1)C2=O. The zero-order chi connectivity index (χ0) is 21.0. The third kappa shape index (κ3) is 2.58. The minimum absolute atomic E-state index is 0.132. The van der Waals surface area contributed by atoms with E-state index in [4.69, 9.17) is 4.74 Å². The monoisotopic (exact) mass is 464 g/mol. The topological polar surface area (TPSA) is 68.6 Å². The van der Waals surface area contributed by atoms with Gasteiger partial charge in [0.15, 0.2) is 0 Å². The molecule has 2 aromatic carbocycles. The fourth-order valence-corrected chi connectivity index (χ4v) is 4.56. The van der Waals surface area contributed by atoms with Crippen LogP contribution < -0.4 is 4.90 Å². The second-order valence-electron chi connectivity index (χ2n) is 7.15. The van der Waals surface area contributed by atoms with Gasteiger partial charge in [-0.2, -0.15) is 0 Å². The minimum Gasteiger partial charge on any atom is -0.461 e. The number of aromatic nitrogens is 1. The van der Waals surface area contributed by atoms with Crippen LogP contribution in [0.15, 0.2) is 53.0 Å². The zero-order valence-corrected chi connectivity index (χ0v) is 17.7. The van der Waals surface area contributed by atoms with E-state index in [-0.39, 0.29) is 23.4 Å². The first-order valence-electron chi connectivity index (χ1n) is 9.69. The number of anilines is 1. The number of benzene rings is 2. The molecule has 0 saturated heterocycles. The summed E-state index contributed by atoms with van der Waals surface area (Å²) in [5.41, 5.74) is 3.60. The fourth-order valence-electron chi connectivity index (χ4n) is 4.29. The Morgan fingerprint density at radius 2 is 1.73 bits per heavy atom. The van der Waals surface area contributed by atoms with E-state index in [1.807, 2.05) is 24.3 Å². The molecule has 0 unspecified atom stereocenters. The van der Waals surface area contributed by atoms with E-state index in [9.17, 15) is 14.4 Å². The lowest BCUT2D eigenvalue weighted by Crippen LogP contribution is -2.32. The molecule has 3 aromatic rings. The summed E-state index contributed by atoms with van der Waals surface area (Å²) in [7, 11) is 0. The lowest BCUT2D eigenvalue weighted by Gasteiger charge is -2.23. The molecule has 3 heterocycles. The molecule has 0 aliphatic carbocycles. The molecule has 1 aromatic heterocycles. The van der Waals surface area contributed by atoms with Crippen LogP contribution in [-0.2, 0) is 17.7 Å². The average Bonchev–Trinajstić information content (AvgIpc) is 3.22. The number of fused-ring (bicyclic) bond motifs is 5. The second-order valence-corrected chi connectivity index (χ2v) is 8.06. The van der Waals surface area contributed by atoms with Gasteiger partial charge in [0.1, 0.15) is 5.69 Å². The summed E-state index contributed by atoms with van der Waals surface area (Å²) in [5, 5.41) is 0.